The Morgan fingerprint density at radius 1 is 1.45 bits per heavy atom. The summed E-state index contributed by atoms with van der Waals surface area (Å²) in [5.41, 5.74) is 0. The molecule has 2 heteroatoms. The Hall–Kier alpha value is -1.31. The number of allylic oxidation sites excluding steroid dienone is 4. The Balaban J connectivity index is 4.18. The Morgan fingerprint density at radius 3 is 2.45 bits per heavy atom. The van der Waals surface area contributed by atoms with E-state index in [2.05, 4.69) is 6.58 Å². The zero-order valence-corrected chi connectivity index (χ0v) is 6.83. The van der Waals surface area contributed by atoms with Gasteiger partial charge in [-0.3, -0.25) is 4.79 Å². The standard InChI is InChI=1S/C9H12O2/c1-4-5-9(11-3)7-6-8(2)10/h4-7H,1H2,2-3H3/b7-6+,9-5-. The van der Waals surface area contributed by atoms with Crippen molar-refractivity contribution in [2.75, 3.05) is 7.11 Å². The molecular weight excluding hydrogens is 140 g/mol. The van der Waals surface area contributed by atoms with Gasteiger partial charge in [-0.25, -0.2) is 0 Å². The lowest BCUT2D eigenvalue weighted by Crippen LogP contribution is -1.84. The minimum atomic E-state index is -0.00277. The smallest absolute Gasteiger partial charge is 0.152 e. The topological polar surface area (TPSA) is 26.3 Å². The SMILES string of the molecule is C=C/C=C(/C=C/C(C)=O)OC. The predicted molar refractivity (Wildman–Crippen MR) is 45.1 cm³/mol. The summed E-state index contributed by atoms with van der Waals surface area (Å²) in [7, 11) is 1.54. The predicted octanol–water partition coefficient (Wildman–Crippen LogP) is 1.85. The largest absolute Gasteiger partial charge is 0.497 e. The minimum absolute atomic E-state index is 0.00277. The quantitative estimate of drug-likeness (QED) is 0.349. The van der Waals surface area contributed by atoms with E-state index in [0.29, 0.717) is 5.76 Å². The van der Waals surface area contributed by atoms with Crippen molar-refractivity contribution in [2.45, 2.75) is 6.92 Å². The summed E-state index contributed by atoms with van der Waals surface area (Å²) in [6.07, 6.45) is 6.32. The van der Waals surface area contributed by atoms with Crippen molar-refractivity contribution < 1.29 is 9.53 Å². The highest BCUT2D eigenvalue weighted by Gasteiger charge is 1.87. The first-order chi connectivity index (χ1) is 5.20. The van der Waals surface area contributed by atoms with Gasteiger partial charge in [-0.15, -0.1) is 0 Å². The number of ether oxygens (including phenoxy) is 1. The third-order valence-corrected chi connectivity index (χ3v) is 1.00. The summed E-state index contributed by atoms with van der Waals surface area (Å²) < 4.78 is 4.89. The maximum absolute atomic E-state index is 10.5. The monoisotopic (exact) mass is 152 g/mol. The van der Waals surface area contributed by atoms with Crippen molar-refractivity contribution in [3.63, 3.8) is 0 Å². The lowest BCUT2D eigenvalue weighted by Gasteiger charge is -1.95. The molecule has 0 rings (SSSR count). The fourth-order valence-electron chi connectivity index (χ4n) is 0.507. The Morgan fingerprint density at radius 2 is 2.09 bits per heavy atom. The van der Waals surface area contributed by atoms with Crippen LogP contribution in [0, 0.1) is 0 Å². The van der Waals surface area contributed by atoms with Crippen LogP contribution in [0.25, 0.3) is 0 Å². The molecule has 11 heavy (non-hydrogen) atoms. The Labute approximate surface area is 66.9 Å². The molecule has 0 aromatic rings. The zero-order valence-electron chi connectivity index (χ0n) is 6.83. The van der Waals surface area contributed by atoms with Gasteiger partial charge in [-0.2, -0.15) is 0 Å². The lowest BCUT2D eigenvalue weighted by molar-refractivity contribution is -0.112. The van der Waals surface area contributed by atoms with Gasteiger partial charge in [0.2, 0.25) is 0 Å². The number of carbonyl (C=O) groups is 1. The molecule has 0 aromatic carbocycles. The van der Waals surface area contributed by atoms with E-state index in [9.17, 15) is 4.79 Å². The Bertz CT molecular complexity index is 200. The first kappa shape index (κ1) is 9.69. The van der Waals surface area contributed by atoms with Crippen LogP contribution in [0.4, 0.5) is 0 Å². The van der Waals surface area contributed by atoms with E-state index in [-0.39, 0.29) is 5.78 Å². The minimum Gasteiger partial charge on any atom is -0.497 e. The second-order valence-electron chi connectivity index (χ2n) is 1.95. The highest BCUT2D eigenvalue weighted by atomic mass is 16.5. The molecule has 0 aromatic heterocycles. The molecule has 2 nitrogen and oxygen atoms in total. The summed E-state index contributed by atoms with van der Waals surface area (Å²) in [6, 6.07) is 0. The molecule has 0 aliphatic rings. The van der Waals surface area contributed by atoms with Crippen molar-refractivity contribution in [1.82, 2.24) is 0 Å². The van der Waals surface area contributed by atoms with Crippen LogP contribution >= 0.6 is 0 Å². The molecule has 0 aliphatic heterocycles. The van der Waals surface area contributed by atoms with Crippen LogP contribution in [0.15, 0.2) is 36.6 Å². The third-order valence-electron chi connectivity index (χ3n) is 1.00. The first-order valence-corrected chi connectivity index (χ1v) is 3.26. The van der Waals surface area contributed by atoms with E-state index in [1.165, 1.54) is 13.0 Å². The van der Waals surface area contributed by atoms with Crippen LogP contribution in [0.5, 0.6) is 0 Å². The molecule has 0 fully saturated rings. The average molecular weight is 152 g/mol. The van der Waals surface area contributed by atoms with E-state index in [1.807, 2.05) is 0 Å². The summed E-state index contributed by atoms with van der Waals surface area (Å²) in [5, 5.41) is 0. The maximum Gasteiger partial charge on any atom is 0.152 e. The first-order valence-electron chi connectivity index (χ1n) is 3.26. The molecule has 0 aliphatic carbocycles. The van der Waals surface area contributed by atoms with E-state index >= 15 is 0 Å². The van der Waals surface area contributed by atoms with Crippen LogP contribution in [0.2, 0.25) is 0 Å². The number of carbonyl (C=O) groups excluding carboxylic acids is 1. The number of rotatable bonds is 4. The highest BCUT2D eigenvalue weighted by molar-refractivity contribution is 5.87. The molecule has 0 amide bonds. The molecule has 0 N–H and O–H groups in total. The molecule has 0 unspecified atom stereocenters. The van der Waals surface area contributed by atoms with Gasteiger partial charge in [0.1, 0.15) is 5.76 Å². The van der Waals surface area contributed by atoms with Gasteiger partial charge in [0.15, 0.2) is 5.78 Å². The molecule has 0 atom stereocenters. The lowest BCUT2D eigenvalue weighted by atomic mass is 10.3. The van der Waals surface area contributed by atoms with Crippen molar-refractivity contribution in [1.29, 1.82) is 0 Å². The van der Waals surface area contributed by atoms with Gasteiger partial charge in [-0.1, -0.05) is 12.7 Å². The van der Waals surface area contributed by atoms with Gasteiger partial charge in [0.05, 0.1) is 7.11 Å². The summed E-state index contributed by atoms with van der Waals surface area (Å²) >= 11 is 0. The normalized spacial score (nSPS) is 11.6. The van der Waals surface area contributed by atoms with E-state index < -0.39 is 0 Å². The van der Waals surface area contributed by atoms with Gasteiger partial charge in [0.25, 0.3) is 0 Å². The van der Waals surface area contributed by atoms with Crippen molar-refractivity contribution in [3.05, 3.63) is 36.6 Å². The average Bonchev–Trinajstić information content (AvgIpc) is 1.97. The third kappa shape index (κ3) is 5.15. The van der Waals surface area contributed by atoms with Crippen LogP contribution in [-0.2, 0) is 9.53 Å². The molecule has 0 bridgehead atoms. The van der Waals surface area contributed by atoms with E-state index in [0.717, 1.165) is 0 Å². The van der Waals surface area contributed by atoms with Gasteiger partial charge >= 0.3 is 0 Å². The van der Waals surface area contributed by atoms with Crippen LogP contribution in [0.1, 0.15) is 6.92 Å². The van der Waals surface area contributed by atoms with Crippen molar-refractivity contribution >= 4 is 5.78 Å². The Kier molecular flexibility index (Phi) is 4.82. The number of hydrogen-bond donors (Lipinski definition) is 0. The van der Waals surface area contributed by atoms with E-state index in [4.69, 9.17) is 4.74 Å². The fraction of sp³-hybridized carbons (Fsp3) is 0.222. The molecule has 0 radical (unpaired) electrons. The molecule has 0 heterocycles. The molecular formula is C9H12O2. The van der Waals surface area contributed by atoms with Gasteiger partial charge in [0, 0.05) is 0 Å². The fourth-order valence-corrected chi connectivity index (χ4v) is 0.507. The van der Waals surface area contributed by atoms with E-state index in [1.54, 1.807) is 25.3 Å². The van der Waals surface area contributed by atoms with Crippen molar-refractivity contribution in [3.8, 4) is 0 Å². The van der Waals surface area contributed by atoms with Gasteiger partial charge in [-0.05, 0) is 25.2 Å². The van der Waals surface area contributed by atoms with Crippen molar-refractivity contribution in [2.24, 2.45) is 0 Å². The molecule has 0 spiro atoms. The second kappa shape index (κ2) is 5.47. The van der Waals surface area contributed by atoms with Gasteiger partial charge < -0.3 is 4.74 Å². The summed E-state index contributed by atoms with van der Waals surface area (Å²) in [4.78, 5) is 10.5. The van der Waals surface area contributed by atoms with Crippen LogP contribution in [0.3, 0.4) is 0 Å². The van der Waals surface area contributed by atoms with Crippen LogP contribution < -0.4 is 0 Å². The highest BCUT2D eigenvalue weighted by Crippen LogP contribution is 1.97. The zero-order chi connectivity index (χ0) is 8.69. The molecule has 60 valence electrons. The molecule has 0 saturated heterocycles. The molecule has 0 saturated carbocycles. The maximum atomic E-state index is 10.5. The summed E-state index contributed by atoms with van der Waals surface area (Å²) in [5.74, 6) is 0.618. The number of ketones is 1. The van der Waals surface area contributed by atoms with Crippen LogP contribution in [-0.4, -0.2) is 12.9 Å². The summed E-state index contributed by atoms with van der Waals surface area (Å²) in [6.45, 7) is 4.98. The number of hydrogen-bond acceptors (Lipinski definition) is 2. The number of methoxy groups -OCH3 is 1. The second-order valence-corrected chi connectivity index (χ2v) is 1.95.